The fraction of sp³-hybridized carbons (Fsp3) is 0.250. The van der Waals surface area contributed by atoms with Crippen LogP contribution in [0.25, 0.3) is 16.6 Å². The maximum absolute atomic E-state index is 12.3. The van der Waals surface area contributed by atoms with Crippen molar-refractivity contribution >= 4 is 17.5 Å². The second kappa shape index (κ2) is 7.49. The summed E-state index contributed by atoms with van der Waals surface area (Å²) in [5, 5.41) is 7.18. The van der Waals surface area contributed by atoms with Gasteiger partial charge in [0.25, 0.3) is 5.91 Å². The zero-order valence-electron chi connectivity index (χ0n) is 14.8. The topological polar surface area (TPSA) is 75.9 Å². The highest BCUT2D eigenvalue weighted by Crippen LogP contribution is 2.24. The lowest BCUT2D eigenvalue weighted by Gasteiger charge is -2.26. The predicted molar refractivity (Wildman–Crippen MR) is 100 cm³/mol. The number of rotatable bonds is 5. The number of ether oxygens (including phenoxy) is 1. The number of carbonyl (C=O) groups is 2. The monoisotopic (exact) mass is 364 g/mol. The van der Waals surface area contributed by atoms with E-state index in [1.807, 2.05) is 47.2 Å². The fourth-order valence-corrected chi connectivity index (χ4v) is 3.17. The van der Waals surface area contributed by atoms with Crippen LogP contribution in [0.2, 0.25) is 0 Å². The molecule has 3 aromatic rings. The first-order valence-electron chi connectivity index (χ1n) is 8.95. The molecule has 2 amide bonds. The molecule has 1 aliphatic heterocycles. The third-order valence-corrected chi connectivity index (χ3v) is 4.61. The maximum atomic E-state index is 12.3. The lowest BCUT2D eigenvalue weighted by molar-refractivity contribution is 0.0719. The Morgan fingerprint density at radius 1 is 1.19 bits per heavy atom. The van der Waals surface area contributed by atoms with Crippen LogP contribution in [0.3, 0.4) is 0 Å². The Hall–Kier alpha value is -3.35. The van der Waals surface area contributed by atoms with E-state index in [9.17, 15) is 9.59 Å². The molecular formula is C20H20N4O3. The van der Waals surface area contributed by atoms with Gasteiger partial charge in [0.05, 0.1) is 18.3 Å². The molecule has 0 atom stereocenters. The number of pyridine rings is 1. The second-order valence-corrected chi connectivity index (χ2v) is 6.38. The summed E-state index contributed by atoms with van der Waals surface area (Å²) in [6.07, 6.45) is 4.24. The Bertz CT molecular complexity index is 965. The summed E-state index contributed by atoms with van der Waals surface area (Å²) in [5.41, 5.74) is 3.62. The first-order chi connectivity index (χ1) is 13.2. The number of carbonyl (C=O) groups excluding carboxylic acids is 2. The van der Waals surface area contributed by atoms with Crippen LogP contribution in [0.5, 0.6) is 0 Å². The number of amides is 2. The summed E-state index contributed by atoms with van der Waals surface area (Å²) in [6.45, 7) is 1.98. The highest BCUT2D eigenvalue weighted by Gasteiger charge is 2.19. The zero-order valence-corrected chi connectivity index (χ0v) is 14.8. The van der Waals surface area contributed by atoms with Crippen molar-refractivity contribution < 1.29 is 14.3 Å². The molecule has 0 radical (unpaired) electrons. The van der Waals surface area contributed by atoms with Crippen molar-refractivity contribution in [3.8, 4) is 11.1 Å². The van der Waals surface area contributed by atoms with E-state index in [0.29, 0.717) is 31.8 Å². The van der Waals surface area contributed by atoms with Gasteiger partial charge in [0.2, 0.25) is 0 Å². The van der Waals surface area contributed by atoms with E-state index < -0.39 is 0 Å². The van der Waals surface area contributed by atoms with Crippen molar-refractivity contribution in [1.82, 2.24) is 19.8 Å². The smallest absolute Gasteiger partial charge is 0.409 e. The molecule has 0 saturated carbocycles. The van der Waals surface area contributed by atoms with Crippen LogP contribution in [0, 0.1) is 0 Å². The van der Waals surface area contributed by atoms with E-state index in [1.54, 1.807) is 17.0 Å². The molecule has 3 heterocycles. The zero-order chi connectivity index (χ0) is 18.6. The Kier molecular flexibility index (Phi) is 4.74. The van der Waals surface area contributed by atoms with Crippen molar-refractivity contribution in [2.24, 2.45) is 0 Å². The van der Waals surface area contributed by atoms with Crippen molar-refractivity contribution in [2.75, 3.05) is 26.2 Å². The van der Waals surface area contributed by atoms with Crippen LogP contribution in [-0.2, 0) is 4.74 Å². The number of hydrogen-bond donors (Lipinski definition) is 1. The second-order valence-electron chi connectivity index (χ2n) is 6.38. The Labute approximate surface area is 156 Å². The normalized spacial score (nSPS) is 14.2. The van der Waals surface area contributed by atoms with E-state index in [2.05, 4.69) is 10.4 Å². The van der Waals surface area contributed by atoms with Crippen LogP contribution >= 0.6 is 0 Å². The molecule has 27 heavy (non-hydrogen) atoms. The van der Waals surface area contributed by atoms with E-state index in [4.69, 9.17) is 4.74 Å². The molecule has 1 aromatic carbocycles. The summed E-state index contributed by atoms with van der Waals surface area (Å²) >= 11 is 0. The number of nitrogens with one attached hydrogen (secondary N) is 1. The van der Waals surface area contributed by atoms with Crippen molar-refractivity contribution in [3.63, 3.8) is 0 Å². The quantitative estimate of drug-likeness (QED) is 0.755. The average Bonchev–Trinajstić information content (AvgIpc) is 3.14. The van der Waals surface area contributed by atoms with Gasteiger partial charge < -0.3 is 15.0 Å². The molecule has 1 fully saturated rings. The third-order valence-electron chi connectivity index (χ3n) is 4.61. The predicted octanol–water partition coefficient (Wildman–Crippen LogP) is 2.57. The largest absolute Gasteiger partial charge is 0.449 e. The van der Waals surface area contributed by atoms with E-state index in [-0.39, 0.29) is 12.0 Å². The summed E-state index contributed by atoms with van der Waals surface area (Å²) in [4.78, 5) is 25.5. The van der Waals surface area contributed by atoms with Gasteiger partial charge in [0, 0.05) is 37.0 Å². The Morgan fingerprint density at radius 3 is 2.85 bits per heavy atom. The minimum Gasteiger partial charge on any atom is -0.449 e. The summed E-state index contributed by atoms with van der Waals surface area (Å²) in [6, 6.07) is 13.3. The molecule has 1 saturated heterocycles. The number of benzene rings is 1. The number of fused-ring (bicyclic) bond motifs is 1. The van der Waals surface area contributed by atoms with Crippen LogP contribution in [-0.4, -0.2) is 52.8 Å². The van der Waals surface area contributed by atoms with Crippen LogP contribution in [0.4, 0.5) is 4.79 Å². The number of hydrogen-bond acceptors (Lipinski definition) is 4. The fourth-order valence-electron chi connectivity index (χ4n) is 3.17. The molecule has 4 rings (SSSR count). The number of nitrogens with zero attached hydrogens (tertiary/aromatic N) is 3. The highest BCUT2D eigenvalue weighted by atomic mass is 16.6. The highest BCUT2D eigenvalue weighted by molar-refractivity contribution is 5.95. The number of aromatic nitrogens is 2. The van der Waals surface area contributed by atoms with E-state index in [1.165, 1.54) is 0 Å². The van der Waals surface area contributed by atoms with Crippen molar-refractivity contribution in [3.05, 3.63) is 60.4 Å². The molecule has 1 N–H and O–H groups in total. The Morgan fingerprint density at radius 2 is 2.04 bits per heavy atom. The van der Waals surface area contributed by atoms with Crippen LogP contribution in [0.1, 0.15) is 16.8 Å². The van der Waals surface area contributed by atoms with Crippen molar-refractivity contribution in [1.29, 1.82) is 0 Å². The lowest BCUT2D eigenvalue weighted by atomic mass is 10.1. The van der Waals surface area contributed by atoms with E-state index >= 15 is 0 Å². The summed E-state index contributed by atoms with van der Waals surface area (Å²) in [7, 11) is 0. The first-order valence-corrected chi connectivity index (χ1v) is 8.95. The Balaban J connectivity index is 1.38. The van der Waals surface area contributed by atoms with Gasteiger partial charge >= 0.3 is 6.09 Å². The molecule has 7 nitrogen and oxygen atoms in total. The minimum atomic E-state index is -0.312. The van der Waals surface area contributed by atoms with Gasteiger partial charge in [-0.3, -0.25) is 4.79 Å². The molecular weight excluding hydrogens is 344 g/mol. The van der Waals surface area contributed by atoms with Gasteiger partial charge in [0.15, 0.2) is 0 Å². The molecule has 0 bridgehead atoms. The minimum absolute atomic E-state index is 0.160. The SMILES string of the molecule is O=C(NCCN1CCCOC1=O)c1ccc(-c2cnn3ccccc23)cc1. The van der Waals surface area contributed by atoms with Gasteiger partial charge in [0.1, 0.15) is 0 Å². The molecule has 2 aromatic heterocycles. The van der Waals surface area contributed by atoms with Gasteiger partial charge in [-0.25, -0.2) is 9.31 Å². The van der Waals surface area contributed by atoms with Gasteiger partial charge in [-0.05, 0) is 36.2 Å². The first kappa shape index (κ1) is 17.1. The molecule has 0 spiro atoms. The molecule has 7 heteroatoms. The summed E-state index contributed by atoms with van der Waals surface area (Å²) in [5.74, 6) is -0.160. The lowest BCUT2D eigenvalue weighted by Crippen LogP contribution is -2.42. The van der Waals surface area contributed by atoms with Gasteiger partial charge in [-0.15, -0.1) is 0 Å². The van der Waals surface area contributed by atoms with Gasteiger partial charge in [-0.1, -0.05) is 18.2 Å². The third kappa shape index (κ3) is 3.62. The summed E-state index contributed by atoms with van der Waals surface area (Å²) < 4.78 is 6.80. The maximum Gasteiger partial charge on any atom is 0.409 e. The number of cyclic esters (lactones) is 1. The molecule has 1 aliphatic rings. The average molecular weight is 364 g/mol. The van der Waals surface area contributed by atoms with Crippen LogP contribution in [0.15, 0.2) is 54.9 Å². The van der Waals surface area contributed by atoms with Gasteiger partial charge in [-0.2, -0.15) is 5.10 Å². The molecule has 0 aliphatic carbocycles. The van der Waals surface area contributed by atoms with E-state index in [0.717, 1.165) is 23.1 Å². The van der Waals surface area contributed by atoms with Crippen LogP contribution < -0.4 is 5.32 Å². The van der Waals surface area contributed by atoms with Crippen molar-refractivity contribution in [2.45, 2.75) is 6.42 Å². The molecule has 138 valence electrons. The standard InChI is InChI=1S/C20H20N4O3/c25-19(21-9-12-23-10-3-13-27-20(23)26)16-7-5-15(6-8-16)17-14-22-24-11-2-1-4-18(17)24/h1-2,4-8,11,14H,3,9-10,12-13H2,(H,21,25). The molecule has 0 unspecified atom stereocenters.